The summed E-state index contributed by atoms with van der Waals surface area (Å²) in [5.41, 5.74) is 4.73. The van der Waals surface area contributed by atoms with Crippen LogP contribution in [-0.2, 0) is 6.54 Å². The maximum absolute atomic E-state index is 4.49. The minimum Gasteiger partial charge on any atom is -0.306 e. The minimum absolute atomic E-state index is 0.431. The Morgan fingerprint density at radius 2 is 2.14 bits per heavy atom. The van der Waals surface area contributed by atoms with Crippen LogP contribution in [0.25, 0.3) is 11.5 Å². The molecule has 0 saturated carbocycles. The molecule has 1 aromatic carbocycles. The molecule has 0 spiro atoms. The number of fused-ring (bicyclic) bond motifs is 1. The predicted octanol–water partition coefficient (Wildman–Crippen LogP) is 3.00. The molecule has 1 fully saturated rings. The van der Waals surface area contributed by atoms with Crippen molar-refractivity contribution in [1.82, 2.24) is 34.0 Å². The number of aryl methyl sites for hydroxylation is 1. The van der Waals surface area contributed by atoms with E-state index in [-0.39, 0.29) is 0 Å². The van der Waals surface area contributed by atoms with Crippen molar-refractivity contribution in [3.05, 3.63) is 72.3 Å². The van der Waals surface area contributed by atoms with Gasteiger partial charge in [-0.3, -0.25) is 4.90 Å². The first-order chi connectivity index (χ1) is 13.8. The second-order valence-corrected chi connectivity index (χ2v) is 7.47. The Kier molecular flexibility index (Phi) is 4.37. The number of rotatable bonds is 4. The summed E-state index contributed by atoms with van der Waals surface area (Å²) in [5, 5.41) is 4.41. The van der Waals surface area contributed by atoms with Gasteiger partial charge in [0.05, 0.1) is 17.7 Å². The van der Waals surface area contributed by atoms with Crippen molar-refractivity contribution in [2.75, 3.05) is 13.1 Å². The number of benzene rings is 1. The number of aromatic nitrogens is 6. The van der Waals surface area contributed by atoms with Gasteiger partial charge in [-0.2, -0.15) is 10.1 Å². The first-order valence-corrected chi connectivity index (χ1v) is 9.74. The van der Waals surface area contributed by atoms with E-state index in [0.717, 1.165) is 31.7 Å². The Balaban J connectivity index is 1.41. The molecule has 4 heterocycles. The van der Waals surface area contributed by atoms with Crippen LogP contribution >= 0.6 is 0 Å². The van der Waals surface area contributed by atoms with E-state index >= 15 is 0 Å². The Labute approximate surface area is 163 Å². The fraction of sp³-hybridized carbons (Fsp3) is 0.333. The van der Waals surface area contributed by atoms with Gasteiger partial charge in [-0.05, 0) is 44.0 Å². The summed E-state index contributed by atoms with van der Waals surface area (Å²) in [4.78, 5) is 15.5. The van der Waals surface area contributed by atoms with E-state index in [9.17, 15) is 0 Å². The number of para-hydroxylation sites is 1. The zero-order valence-corrected chi connectivity index (χ0v) is 15.9. The van der Waals surface area contributed by atoms with Crippen molar-refractivity contribution >= 4 is 5.78 Å². The van der Waals surface area contributed by atoms with Crippen molar-refractivity contribution in [2.45, 2.75) is 32.2 Å². The van der Waals surface area contributed by atoms with Gasteiger partial charge in [0, 0.05) is 37.1 Å². The van der Waals surface area contributed by atoms with Crippen LogP contribution in [0.3, 0.4) is 0 Å². The summed E-state index contributed by atoms with van der Waals surface area (Å²) >= 11 is 0. The van der Waals surface area contributed by atoms with Crippen molar-refractivity contribution in [2.24, 2.45) is 0 Å². The lowest BCUT2D eigenvalue weighted by molar-refractivity contribution is 0.197. The molecule has 3 aromatic heterocycles. The van der Waals surface area contributed by atoms with Crippen molar-refractivity contribution in [1.29, 1.82) is 0 Å². The van der Waals surface area contributed by atoms with Crippen LogP contribution in [-0.4, -0.2) is 47.1 Å². The zero-order valence-electron chi connectivity index (χ0n) is 15.9. The highest BCUT2D eigenvalue weighted by Gasteiger charge is 2.25. The first kappa shape index (κ1) is 17.1. The molecule has 28 heavy (non-hydrogen) atoms. The first-order valence-electron chi connectivity index (χ1n) is 9.74. The summed E-state index contributed by atoms with van der Waals surface area (Å²) in [6.45, 7) is 5.07. The average molecular weight is 373 g/mol. The van der Waals surface area contributed by atoms with E-state index in [1.54, 1.807) is 6.33 Å². The molecule has 142 valence electrons. The number of hydrogen-bond acceptors (Lipinski definition) is 5. The smallest absolute Gasteiger partial charge is 0.252 e. The predicted molar refractivity (Wildman–Crippen MR) is 106 cm³/mol. The molecular weight excluding hydrogens is 350 g/mol. The molecule has 7 heteroatoms. The highest BCUT2D eigenvalue weighted by atomic mass is 15.3. The van der Waals surface area contributed by atoms with Crippen LogP contribution in [0.4, 0.5) is 0 Å². The third-order valence-electron chi connectivity index (χ3n) is 5.50. The highest BCUT2D eigenvalue weighted by molar-refractivity contribution is 5.41. The van der Waals surface area contributed by atoms with Crippen molar-refractivity contribution in [3.63, 3.8) is 0 Å². The van der Waals surface area contributed by atoms with Crippen LogP contribution in [0.2, 0.25) is 0 Å². The van der Waals surface area contributed by atoms with Crippen LogP contribution in [0.1, 0.15) is 35.7 Å². The molecule has 1 unspecified atom stereocenters. The molecule has 4 aromatic rings. The standard InChI is InChI=1S/C21H23N7/c1-16-11-20(28-21(25-16)23-14-24-28)18-6-4-9-26(13-18)12-17-5-2-3-7-19(17)27-10-8-22-15-27/h2-3,5,7-8,10-11,14-15,18H,4,6,9,12-13H2,1H3. The molecule has 0 amide bonds. The van der Waals surface area contributed by atoms with Gasteiger partial charge in [-0.15, -0.1) is 0 Å². The number of hydrogen-bond donors (Lipinski definition) is 0. The lowest BCUT2D eigenvalue weighted by atomic mass is 9.93. The third-order valence-corrected chi connectivity index (χ3v) is 5.50. The lowest BCUT2D eigenvalue weighted by Gasteiger charge is -2.33. The number of likely N-dealkylation sites (tertiary alicyclic amines) is 1. The zero-order chi connectivity index (χ0) is 18.9. The van der Waals surface area contributed by atoms with Crippen LogP contribution in [0.15, 0.2) is 55.4 Å². The summed E-state index contributed by atoms with van der Waals surface area (Å²) in [7, 11) is 0. The van der Waals surface area contributed by atoms with Gasteiger partial charge in [0.2, 0.25) is 0 Å². The number of piperidine rings is 1. The van der Waals surface area contributed by atoms with Crippen molar-refractivity contribution < 1.29 is 0 Å². The maximum Gasteiger partial charge on any atom is 0.252 e. The average Bonchev–Trinajstić information content (AvgIpc) is 3.40. The van der Waals surface area contributed by atoms with Gasteiger partial charge in [0.1, 0.15) is 6.33 Å². The Bertz CT molecular complexity index is 1080. The lowest BCUT2D eigenvalue weighted by Crippen LogP contribution is -2.35. The second kappa shape index (κ2) is 7.16. The monoisotopic (exact) mass is 373 g/mol. The van der Waals surface area contributed by atoms with Gasteiger partial charge >= 0.3 is 0 Å². The van der Waals surface area contributed by atoms with Crippen LogP contribution < -0.4 is 0 Å². The molecule has 0 bridgehead atoms. The van der Waals surface area contributed by atoms with E-state index in [4.69, 9.17) is 0 Å². The third kappa shape index (κ3) is 3.18. The van der Waals surface area contributed by atoms with Gasteiger partial charge in [0.15, 0.2) is 0 Å². The van der Waals surface area contributed by atoms with E-state index in [1.165, 1.54) is 23.4 Å². The maximum atomic E-state index is 4.49. The topological polar surface area (TPSA) is 64.1 Å². The van der Waals surface area contributed by atoms with E-state index in [0.29, 0.717) is 11.7 Å². The fourth-order valence-electron chi connectivity index (χ4n) is 4.23. The Morgan fingerprint density at radius 3 is 3.04 bits per heavy atom. The molecule has 7 nitrogen and oxygen atoms in total. The van der Waals surface area contributed by atoms with Gasteiger partial charge in [-0.25, -0.2) is 14.5 Å². The summed E-state index contributed by atoms with van der Waals surface area (Å²) in [6, 6.07) is 10.7. The normalized spacial score (nSPS) is 18.0. The molecule has 0 radical (unpaired) electrons. The molecule has 1 aliphatic heterocycles. The van der Waals surface area contributed by atoms with Crippen LogP contribution in [0, 0.1) is 6.92 Å². The number of nitrogens with zero attached hydrogens (tertiary/aromatic N) is 7. The van der Waals surface area contributed by atoms with Gasteiger partial charge in [-0.1, -0.05) is 18.2 Å². The molecule has 0 N–H and O–H groups in total. The molecule has 1 aliphatic rings. The van der Waals surface area contributed by atoms with Crippen LogP contribution in [0.5, 0.6) is 0 Å². The van der Waals surface area contributed by atoms with E-state index in [1.807, 2.05) is 30.2 Å². The number of imidazole rings is 1. The Hall–Kier alpha value is -3.06. The van der Waals surface area contributed by atoms with E-state index in [2.05, 4.69) is 59.8 Å². The van der Waals surface area contributed by atoms with Gasteiger partial charge < -0.3 is 4.57 Å². The molecule has 5 rings (SSSR count). The quantitative estimate of drug-likeness (QED) is 0.550. The molecule has 0 aliphatic carbocycles. The largest absolute Gasteiger partial charge is 0.306 e. The summed E-state index contributed by atoms with van der Waals surface area (Å²) in [5.74, 6) is 1.12. The fourth-order valence-corrected chi connectivity index (χ4v) is 4.23. The SMILES string of the molecule is Cc1cc(C2CCCN(Cc3ccccc3-n3ccnc3)C2)n2ncnc2n1. The summed E-state index contributed by atoms with van der Waals surface area (Å²) in [6.07, 6.45) is 9.61. The molecule has 1 atom stereocenters. The molecular formula is C21H23N7. The Morgan fingerprint density at radius 1 is 1.21 bits per heavy atom. The van der Waals surface area contributed by atoms with Crippen molar-refractivity contribution in [3.8, 4) is 5.69 Å². The minimum atomic E-state index is 0.431. The highest BCUT2D eigenvalue weighted by Crippen LogP contribution is 2.29. The molecule has 1 saturated heterocycles. The van der Waals surface area contributed by atoms with E-state index < -0.39 is 0 Å². The second-order valence-electron chi connectivity index (χ2n) is 7.47. The summed E-state index contributed by atoms with van der Waals surface area (Å²) < 4.78 is 3.99. The van der Waals surface area contributed by atoms with Gasteiger partial charge in [0.25, 0.3) is 5.78 Å².